The zero-order chi connectivity index (χ0) is 20.4. The lowest BCUT2D eigenvalue weighted by Crippen LogP contribution is -2.32. The number of hydrogen-bond acceptors (Lipinski definition) is 9. The molecule has 1 aromatic heterocycles. The molecule has 2 heterocycles. The number of aliphatic imine (C=N–C) groups is 1. The van der Waals surface area contributed by atoms with Crippen molar-refractivity contribution in [2.24, 2.45) is 4.99 Å². The minimum absolute atomic E-state index is 0.0225. The predicted octanol–water partition coefficient (Wildman–Crippen LogP) is 1.74. The molecule has 6 N–H and O–H groups in total. The monoisotopic (exact) mass is 384 g/mol. The fourth-order valence-corrected chi connectivity index (χ4v) is 2.84. The number of anilines is 3. The van der Waals surface area contributed by atoms with Crippen molar-refractivity contribution in [1.82, 2.24) is 10.3 Å². The minimum Gasteiger partial charge on any atom is -0.488 e. The van der Waals surface area contributed by atoms with Gasteiger partial charge in [-0.05, 0) is 24.6 Å². The van der Waals surface area contributed by atoms with Crippen LogP contribution in [0.1, 0.15) is 29.7 Å². The van der Waals surface area contributed by atoms with Gasteiger partial charge in [0.1, 0.15) is 29.3 Å². The highest BCUT2D eigenvalue weighted by atomic mass is 19.1. The van der Waals surface area contributed by atoms with Crippen molar-refractivity contribution < 1.29 is 13.5 Å². The summed E-state index contributed by atoms with van der Waals surface area (Å²) in [6.45, 7) is 1.68. The molecule has 0 aliphatic carbocycles. The van der Waals surface area contributed by atoms with E-state index in [9.17, 15) is 14.0 Å². The Morgan fingerprint density at radius 2 is 1.96 bits per heavy atom. The Kier molecular flexibility index (Phi) is 4.83. The second-order valence-electron chi connectivity index (χ2n) is 5.65. The number of guanidine groups is 1. The summed E-state index contributed by atoms with van der Waals surface area (Å²) in [6.07, 6.45) is 1.69. The molecule has 0 saturated heterocycles. The number of nitrogens with one attached hydrogen (secondary N) is 2. The normalized spacial score (nSPS) is 14.8. The molecule has 9 nitrogen and oxygen atoms in total. The van der Waals surface area contributed by atoms with Gasteiger partial charge in [0.2, 0.25) is 5.96 Å². The van der Waals surface area contributed by atoms with Crippen LogP contribution < -0.4 is 26.8 Å². The Morgan fingerprint density at radius 1 is 1.29 bits per heavy atom. The average molecular weight is 384 g/mol. The number of nitrogens with zero attached hydrogens (tertiary/aromatic N) is 4. The summed E-state index contributed by atoms with van der Waals surface area (Å²) in [5.74, 6) is -2.41. The highest BCUT2D eigenvalue weighted by Gasteiger charge is 2.31. The van der Waals surface area contributed by atoms with Crippen molar-refractivity contribution in [3.05, 3.63) is 40.5 Å². The molecule has 3 rings (SSSR count). The highest BCUT2D eigenvalue weighted by molar-refractivity contribution is 5.98. The third-order valence-electron chi connectivity index (χ3n) is 3.98. The third-order valence-corrected chi connectivity index (χ3v) is 3.98. The number of ether oxygens (including phenoxy) is 1. The number of rotatable bonds is 3. The largest absolute Gasteiger partial charge is 0.488 e. The Balaban J connectivity index is 2.23. The van der Waals surface area contributed by atoms with E-state index in [1.165, 1.54) is 0 Å². The minimum atomic E-state index is -1.05. The van der Waals surface area contributed by atoms with Crippen molar-refractivity contribution in [3.8, 4) is 18.0 Å². The lowest BCUT2D eigenvalue weighted by Gasteiger charge is -2.26. The smallest absolute Gasteiger partial charge is 0.211 e. The number of halogens is 2. The molecule has 1 aliphatic heterocycles. The van der Waals surface area contributed by atoms with E-state index in [1.54, 1.807) is 13.1 Å². The van der Waals surface area contributed by atoms with Gasteiger partial charge in [-0.3, -0.25) is 5.32 Å². The maximum absolute atomic E-state index is 14.4. The first-order valence-corrected chi connectivity index (χ1v) is 8.01. The fraction of sp³-hybridized carbons (Fsp3) is 0.176. The molecule has 0 fully saturated rings. The van der Waals surface area contributed by atoms with E-state index in [1.807, 2.05) is 6.07 Å². The number of hydrogen-bond donors (Lipinski definition) is 4. The van der Waals surface area contributed by atoms with E-state index in [2.05, 4.69) is 20.6 Å². The van der Waals surface area contributed by atoms with Crippen molar-refractivity contribution in [2.75, 3.05) is 23.4 Å². The molecule has 11 heteroatoms. The molecule has 1 unspecified atom stereocenters. The van der Waals surface area contributed by atoms with Crippen LogP contribution in [0.4, 0.5) is 26.1 Å². The Hall–Kier alpha value is -4.12. The maximum atomic E-state index is 14.4. The fourth-order valence-electron chi connectivity index (χ4n) is 2.84. The summed E-state index contributed by atoms with van der Waals surface area (Å²) < 4.78 is 33.7. The van der Waals surface area contributed by atoms with Crippen LogP contribution >= 0.6 is 0 Å². The second-order valence-corrected chi connectivity index (χ2v) is 5.65. The quantitative estimate of drug-likeness (QED) is 0.460. The molecule has 1 aliphatic rings. The lowest BCUT2D eigenvalue weighted by atomic mass is 9.95. The Morgan fingerprint density at radius 3 is 2.54 bits per heavy atom. The van der Waals surface area contributed by atoms with Gasteiger partial charge in [0.05, 0.1) is 12.3 Å². The van der Waals surface area contributed by atoms with Gasteiger partial charge in [-0.15, -0.1) is 0 Å². The predicted molar refractivity (Wildman–Crippen MR) is 97.0 cm³/mol. The number of nitrogens with two attached hydrogens (primary N) is 2. The van der Waals surface area contributed by atoms with Gasteiger partial charge in [-0.1, -0.05) is 0 Å². The third kappa shape index (κ3) is 3.05. The first-order valence-electron chi connectivity index (χ1n) is 8.01. The van der Waals surface area contributed by atoms with Gasteiger partial charge in [-0.2, -0.15) is 10.5 Å². The van der Waals surface area contributed by atoms with Crippen molar-refractivity contribution in [1.29, 1.82) is 10.5 Å². The van der Waals surface area contributed by atoms with Gasteiger partial charge < -0.3 is 21.5 Å². The standard InChI is InChI=1S/C17H14F2N8O/c1-2-28-14-9(18)3-7(4-10(14)19)13-11-12(22)8(5-20)15(23)26-16(11)27-17(25-13)24-6-21/h3-4,13H,2H2,1H3,(H6,22,23,24,25,26,27). The van der Waals surface area contributed by atoms with Crippen LogP contribution in [-0.4, -0.2) is 17.6 Å². The second kappa shape index (κ2) is 7.25. The van der Waals surface area contributed by atoms with Crippen molar-refractivity contribution in [2.45, 2.75) is 13.0 Å². The average Bonchev–Trinajstić information content (AvgIpc) is 2.64. The van der Waals surface area contributed by atoms with Gasteiger partial charge in [0.25, 0.3) is 0 Å². The number of aromatic nitrogens is 1. The molecule has 28 heavy (non-hydrogen) atoms. The number of fused-ring (bicyclic) bond motifs is 1. The van der Waals surface area contributed by atoms with Gasteiger partial charge in [0.15, 0.2) is 23.6 Å². The summed E-state index contributed by atoms with van der Waals surface area (Å²) in [4.78, 5) is 8.30. The summed E-state index contributed by atoms with van der Waals surface area (Å²) in [6, 6.07) is 2.89. The van der Waals surface area contributed by atoms with E-state index in [-0.39, 0.29) is 46.6 Å². The molecule has 0 bridgehead atoms. The zero-order valence-electron chi connectivity index (χ0n) is 14.5. The summed E-state index contributed by atoms with van der Waals surface area (Å²) in [5, 5.41) is 23.2. The van der Waals surface area contributed by atoms with Crippen molar-refractivity contribution in [3.63, 3.8) is 0 Å². The van der Waals surface area contributed by atoms with Gasteiger partial charge in [0, 0.05) is 5.56 Å². The molecular weight excluding hydrogens is 370 g/mol. The molecule has 0 amide bonds. The van der Waals surface area contributed by atoms with Gasteiger partial charge in [-0.25, -0.2) is 18.8 Å². The molecular formula is C17H14F2N8O. The zero-order valence-corrected chi connectivity index (χ0v) is 14.5. The SMILES string of the molecule is CCOc1c(F)cc(C2N=C(NC#N)Nc3nc(N)c(C#N)c(N)c32)cc1F. The molecule has 2 aromatic rings. The number of benzene rings is 1. The summed E-state index contributed by atoms with van der Waals surface area (Å²) >= 11 is 0. The van der Waals surface area contributed by atoms with E-state index in [0.29, 0.717) is 0 Å². The molecule has 142 valence electrons. The van der Waals surface area contributed by atoms with E-state index in [4.69, 9.17) is 21.5 Å². The first kappa shape index (κ1) is 18.7. The van der Waals surface area contributed by atoms with Crippen LogP contribution in [0, 0.1) is 34.4 Å². The van der Waals surface area contributed by atoms with Crippen LogP contribution in [0.5, 0.6) is 5.75 Å². The summed E-state index contributed by atoms with van der Waals surface area (Å²) in [5.41, 5.74) is 12.0. The van der Waals surface area contributed by atoms with Crippen LogP contribution in [-0.2, 0) is 0 Å². The van der Waals surface area contributed by atoms with E-state index >= 15 is 0 Å². The molecule has 0 radical (unpaired) electrons. The molecule has 1 aromatic carbocycles. The molecule has 0 saturated carbocycles. The van der Waals surface area contributed by atoms with E-state index in [0.717, 1.165) is 12.1 Å². The van der Waals surface area contributed by atoms with Gasteiger partial charge >= 0.3 is 0 Å². The van der Waals surface area contributed by atoms with Crippen LogP contribution in [0.2, 0.25) is 0 Å². The topological polar surface area (TPSA) is 158 Å². The Bertz CT molecular complexity index is 1050. The first-order chi connectivity index (χ1) is 13.4. The van der Waals surface area contributed by atoms with Crippen LogP contribution in [0.3, 0.4) is 0 Å². The molecule has 0 spiro atoms. The number of nitriles is 2. The van der Waals surface area contributed by atoms with Crippen molar-refractivity contribution >= 4 is 23.3 Å². The van der Waals surface area contributed by atoms with Crippen LogP contribution in [0.15, 0.2) is 17.1 Å². The number of nitrogen functional groups attached to an aromatic ring is 2. The highest BCUT2D eigenvalue weighted by Crippen LogP contribution is 2.41. The van der Waals surface area contributed by atoms with E-state index < -0.39 is 23.4 Å². The summed E-state index contributed by atoms with van der Waals surface area (Å²) in [7, 11) is 0. The Labute approximate surface area is 158 Å². The van der Waals surface area contributed by atoms with Crippen LogP contribution in [0.25, 0.3) is 0 Å². The number of pyridine rings is 1. The maximum Gasteiger partial charge on any atom is 0.211 e. The lowest BCUT2D eigenvalue weighted by molar-refractivity contribution is 0.302. The molecule has 1 atom stereocenters.